The molecule has 0 unspecified atom stereocenters. The average Bonchev–Trinajstić information content (AvgIpc) is 3.19. The molecule has 3 aromatic rings. The van der Waals surface area contributed by atoms with Gasteiger partial charge < -0.3 is 24.9 Å². The lowest BCUT2D eigenvalue weighted by atomic mass is 10.2. The third kappa shape index (κ3) is 5.51. The van der Waals surface area contributed by atoms with Crippen molar-refractivity contribution < 1.29 is 23.1 Å². The number of hydrogen-bond donors (Lipinski definition) is 2. The Bertz CT molecular complexity index is 1070. The molecule has 172 valence electrons. The Balaban J connectivity index is 0.00000363. The molecule has 0 saturated heterocycles. The molecule has 0 saturated carbocycles. The largest absolute Gasteiger partial charge is 0.493 e. The van der Waals surface area contributed by atoms with E-state index in [4.69, 9.17) is 31.2 Å². The van der Waals surface area contributed by atoms with Gasteiger partial charge in [0.05, 0.1) is 19.8 Å². The highest BCUT2D eigenvalue weighted by Gasteiger charge is 2.24. The number of nitrogens with zero attached hydrogens (tertiary/aromatic N) is 1. The molecule has 3 N–H and O–H groups in total. The van der Waals surface area contributed by atoms with Crippen LogP contribution in [0.3, 0.4) is 0 Å². The number of methoxy groups -OCH3 is 1. The summed E-state index contributed by atoms with van der Waals surface area (Å²) in [6.45, 7) is 3.87. The fraction of sp³-hybridized carbons (Fsp3) is 0.273. The fourth-order valence-corrected chi connectivity index (χ4v) is 3.19. The van der Waals surface area contributed by atoms with E-state index in [9.17, 15) is 9.18 Å². The van der Waals surface area contributed by atoms with Crippen LogP contribution in [0, 0.1) is 5.82 Å². The van der Waals surface area contributed by atoms with E-state index in [-0.39, 0.29) is 46.9 Å². The maximum atomic E-state index is 14.0. The molecule has 32 heavy (non-hydrogen) atoms. The molecule has 0 bridgehead atoms. The fourth-order valence-electron chi connectivity index (χ4n) is 2.96. The molecule has 2 aromatic carbocycles. The van der Waals surface area contributed by atoms with Crippen LogP contribution in [-0.4, -0.2) is 24.6 Å². The number of hydrogen-bond acceptors (Lipinski definition) is 6. The number of benzene rings is 2. The van der Waals surface area contributed by atoms with Crippen molar-refractivity contribution in [3.63, 3.8) is 0 Å². The van der Waals surface area contributed by atoms with Gasteiger partial charge in [0.25, 0.3) is 5.91 Å². The summed E-state index contributed by atoms with van der Waals surface area (Å²) in [5.74, 6) is 0.418. The molecule has 7 nitrogen and oxygen atoms in total. The summed E-state index contributed by atoms with van der Waals surface area (Å²) in [5, 5.41) is 2.84. The van der Waals surface area contributed by atoms with Gasteiger partial charge >= 0.3 is 0 Å². The molecule has 1 amide bonds. The molecule has 1 atom stereocenters. The number of carbonyl (C=O) groups is 1. The quantitative estimate of drug-likeness (QED) is 0.471. The van der Waals surface area contributed by atoms with Gasteiger partial charge in [-0.1, -0.05) is 17.7 Å². The van der Waals surface area contributed by atoms with Gasteiger partial charge in [0.1, 0.15) is 5.82 Å². The van der Waals surface area contributed by atoms with Crippen molar-refractivity contribution in [3.05, 3.63) is 64.3 Å². The van der Waals surface area contributed by atoms with Crippen LogP contribution in [0.2, 0.25) is 5.02 Å². The molecular formula is C22H24Cl2FN3O4. The van der Waals surface area contributed by atoms with Crippen molar-refractivity contribution >= 4 is 29.9 Å². The second-order valence-corrected chi connectivity index (χ2v) is 7.11. The zero-order chi connectivity index (χ0) is 22.5. The molecular weight excluding hydrogens is 460 g/mol. The van der Waals surface area contributed by atoms with Gasteiger partial charge in [-0.25, -0.2) is 9.37 Å². The highest BCUT2D eigenvalue weighted by molar-refractivity contribution is 6.31. The highest BCUT2D eigenvalue weighted by Crippen LogP contribution is 2.33. The second kappa shape index (κ2) is 11.2. The Morgan fingerprint density at radius 1 is 1.31 bits per heavy atom. The van der Waals surface area contributed by atoms with E-state index >= 15 is 0 Å². The zero-order valence-electron chi connectivity index (χ0n) is 17.8. The van der Waals surface area contributed by atoms with Gasteiger partial charge in [-0.05, 0) is 44.2 Å². The number of nitrogens with two attached hydrogens (primary N) is 1. The van der Waals surface area contributed by atoms with Crippen molar-refractivity contribution in [1.82, 2.24) is 10.3 Å². The first-order valence-corrected chi connectivity index (χ1v) is 10.0. The van der Waals surface area contributed by atoms with Crippen LogP contribution < -0.4 is 20.5 Å². The Kier molecular flexibility index (Phi) is 8.89. The molecule has 3 rings (SSSR count). The highest BCUT2D eigenvalue weighted by atomic mass is 35.5. The standard InChI is InChI=1S/C22H23ClFN3O4.ClH/c1-4-30-18-10-13(8-9-17(18)29-3)22-27-19(20(31-22)12(2)25)21(28)26-11-14-15(23)6-5-7-16(14)24;/h5-10,12H,4,11,25H2,1-3H3,(H,26,28);1H/t12-;/m0./s1. The predicted molar refractivity (Wildman–Crippen MR) is 122 cm³/mol. The number of nitrogens with one attached hydrogen (secondary N) is 1. The van der Waals surface area contributed by atoms with Crippen LogP contribution in [0.1, 0.15) is 41.7 Å². The smallest absolute Gasteiger partial charge is 0.273 e. The first-order chi connectivity index (χ1) is 14.8. The number of amides is 1. The second-order valence-electron chi connectivity index (χ2n) is 6.70. The van der Waals surface area contributed by atoms with Crippen LogP contribution >= 0.6 is 24.0 Å². The maximum absolute atomic E-state index is 14.0. The van der Waals surface area contributed by atoms with Crippen molar-refractivity contribution in [2.24, 2.45) is 5.73 Å². The van der Waals surface area contributed by atoms with Gasteiger partial charge in [-0.2, -0.15) is 0 Å². The Morgan fingerprint density at radius 2 is 2.06 bits per heavy atom. The Hall–Kier alpha value is -2.81. The third-order valence-corrected chi connectivity index (χ3v) is 4.83. The molecule has 0 aliphatic carbocycles. The van der Waals surface area contributed by atoms with Crippen molar-refractivity contribution in [2.45, 2.75) is 26.4 Å². The maximum Gasteiger partial charge on any atom is 0.273 e. The minimum absolute atomic E-state index is 0. The number of rotatable bonds is 8. The van der Waals surface area contributed by atoms with Crippen LogP contribution in [0.4, 0.5) is 4.39 Å². The first kappa shape index (κ1) is 25.5. The average molecular weight is 484 g/mol. The summed E-state index contributed by atoms with van der Waals surface area (Å²) < 4.78 is 30.7. The minimum Gasteiger partial charge on any atom is -0.493 e. The van der Waals surface area contributed by atoms with Gasteiger partial charge in [-0.15, -0.1) is 12.4 Å². The van der Waals surface area contributed by atoms with E-state index in [1.54, 1.807) is 38.3 Å². The van der Waals surface area contributed by atoms with E-state index in [2.05, 4.69) is 10.3 Å². The number of halogens is 3. The lowest BCUT2D eigenvalue weighted by Gasteiger charge is -2.09. The summed E-state index contributed by atoms with van der Waals surface area (Å²) in [7, 11) is 1.54. The van der Waals surface area contributed by atoms with Crippen LogP contribution in [0.15, 0.2) is 40.8 Å². The summed E-state index contributed by atoms with van der Waals surface area (Å²) in [6.07, 6.45) is 0. The van der Waals surface area contributed by atoms with Gasteiger partial charge in [0.15, 0.2) is 23.0 Å². The van der Waals surface area contributed by atoms with E-state index in [0.717, 1.165) is 0 Å². The molecule has 0 fully saturated rings. The number of ether oxygens (including phenoxy) is 2. The van der Waals surface area contributed by atoms with Crippen LogP contribution in [0.5, 0.6) is 11.5 Å². The summed E-state index contributed by atoms with van der Waals surface area (Å²) >= 11 is 6.02. The SMILES string of the molecule is CCOc1cc(-c2nc(C(=O)NCc3c(F)cccc3Cl)c([C@H](C)N)o2)ccc1OC.Cl. The van der Waals surface area contributed by atoms with Crippen molar-refractivity contribution in [3.8, 4) is 23.0 Å². The van der Waals surface area contributed by atoms with E-state index in [1.807, 2.05) is 6.92 Å². The Morgan fingerprint density at radius 3 is 2.69 bits per heavy atom. The van der Waals surface area contributed by atoms with Gasteiger partial charge in [-0.3, -0.25) is 4.79 Å². The molecule has 1 heterocycles. The molecule has 0 spiro atoms. The normalized spacial score (nSPS) is 11.4. The first-order valence-electron chi connectivity index (χ1n) is 9.64. The molecule has 10 heteroatoms. The molecule has 1 aromatic heterocycles. The van der Waals surface area contributed by atoms with E-state index in [1.165, 1.54) is 12.1 Å². The van der Waals surface area contributed by atoms with E-state index in [0.29, 0.717) is 23.7 Å². The molecule has 0 aliphatic heterocycles. The lowest BCUT2D eigenvalue weighted by Crippen LogP contribution is -2.26. The number of oxazole rings is 1. The minimum atomic E-state index is -0.594. The zero-order valence-corrected chi connectivity index (χ0v) is 19.3. The Labute approximate surface area is 196 Å². The third-order valence-electron chi connectivity index (χ3n) is 4.48. The summed E-state index contributed by atoms with van der Waals surface area (Å²) in [4.78, 5) is 17.1. The van der Waals surface area contributed by atoms with Gasteiger partial charge in [0, 0.05) is 22.7 Å². The lowest BCUT2D eigenvalue weighted by molar-refractivity contribution is 0.0943. The summed E-state index contributed by atoms with van der Waals surface area (Å²) in [5.41, 5.74) is 6.77. The molecule has 0 aliphatic rings. The number of aromatic nitrogens is 1. The van der Waals surface area contributed by atoms with Crippen molar-refractivity contribution in [1.29, 1.82) is 0 Å². The summed E-state index contributed by atoms with van der Waals surface area (Å²) in [6, 6.07) is 8.88. The van der Waals surface area contributed by atoms with Gasteiger partial charge in [0.2, 0.25) is 5.89 Å². The topological polar surface area (TPSA) is 99.6 Å². The molecule has 0 radical (unpaired) electrons. The van der Waals surface area contributed by atoms with Crippen LogP contribution in [0.25, 0.3) is 11.5 Å². The van der Waals surface area contributed by atoms with Crippen molar-refractivity contribution in [2.75, 3.05) is 13.7 Å². The predicted octanol–water partition coefficient (Wildman–Crippen LogP) is 4.91. The monoisotopic (exact) mass is 483 g/mol. The van der Waals surface area contributed by atoms with E-state index < -0.39 is 17.8 Å². The number of carbonyl (C=O) groups excluding carboxylic acids is 1. The van der Waals surface area contributed by atoms with Crippen LogP contribution in [-0.2, 0) is 6.54 Å².